The quantitative estimate of drug-likeness (QED) is 0.572. The first kappa shape index (κ1) is 13.6. The van der Waals surface area contributed by atoms with E-state index in [4.69, 9.17) is 18.0 Å². The zero-order valence-electron chi connectivity index (χ0n) is 9.82. The van der Waals surface area contributed by atoms with E-state index in [0.29, 0.717) is 4.99 Å². The van der Waals surface area contributed by atoms with Crippen molar-refractivity contribution in [2.24, 2.45) is 5.73 Å². The van der Waals surface area contributed by atoms with E-state index in [9.17, 15) is 0 Å². The summed E-state index contributed by atoms with van der Waals surface area (Å²) in [7, 11) is 0. The first-order valence-corrected chi connectivity index (χ1v) is 7.04. The fourth-order valence-corrected chi connectivity index (χ4v) is 2.50. The van der Waals surface area contributed by atoms with E-state index < -0.39 is 0 Å². The molecular weight excluding hydrogens is 236 g/mol. The van der Waals surface area contributed by atoms with Gasteiger partial charge in [-0.25, -0.2) is 0 Å². The Morgan fingerprint density at radius 3 is 2.88 bits per heavy atom. The molecule has 0 fully saturated rings. The molecule has 0 saturated heterocycles. The lowest BCUT2D eigenvalue weighted by Gasteiger charge is -2.19. The van der Waals surface area contributed by atoms with E-state index in [2.05, 4.69) is 29.3 Å². The van der Waals surface area contributed by atoms with Crippen molar-refractivity contribution in [3.8, 4) is 0 Å². The van der Waals surface area contributed by atoms with E-state index >= 15 is 0 Å². The minimum absolute atomic E-state index is 0.640. The van der Waals surface area contributed by atoms with Gasteiger partial charge in [0.25, 0.3) is 0 Å². The van der Waals surface area contributed by atoms with Gasteiger partial charge in [-0.15, -0.1) is 11.3 Å². The van der Waals surface area contributed by atoms with E-state index in [1.807, 2.05) is 11.3 Å². The third-order valence-electron chi connectivity index (χ3n) is 2.55. The van der Waals surface area contributed by atoms with Crippen molar-refractivity contribution in [1.82, 2.24) is 4.90 Å². The van der Waals surface area contributed by atoms with Crippen LogP contribution in [0.4, 0.5) is 0 Å². The predicted octanol–water partition coefficient (Wildman–Crippen LogP) is 3.03. The number of nitrogens with two attached hydrogens (primary N) is 1. The standard InChI is InChI=1S/C12H20N2S2/c1-2-14(8-4-3-7-12(13)15)10-11-6-5-9-16-11/h5-6,9H,2-4,7-8,10H2,1H3,(H2,13,15). The molecule has 0 aliphatic rings. The second-order valence-corrected chi connectivity index (χ2v) is 5.43. The Labute approximate surface area is 107 Å². The summed E-state index contributed by atoms with van der Waals surface area (Å²) in [5.41, 5.74) is 5.47. The number of hydrogen-bond acceptors (Lipinski definition) is 3. The largest absolute Gasteiger partial charge is 0.393 e. The molecule has 90 valence electrons. The highest BCUT2D eigenvalue weighted by Gasteiger charge is 2.04. The van der Waals surface area contributed by atoms with Crippen LogP contribution in [-0.2, 0) is 6.54 Å². The summed E-state index contributed by atoms with van der Waals surface area (Å²) in [5, 5.41) is 2.13. The Morgan fingerprint density at radius 1 is 1.50 bits per heavy atom. The molecule has 0 atom stereocenters. The fourth-order valence-electron chi connectivity index (χ4n) is 1.61. The molecule has 1 aromatic rings. The van der Waals surface area contributed by atoms with Crippen molar-refractivity contribution in [3.05, 3.63) is 22.4 Å². The van der Waals surface area contributed by atoms with Gasteiger partial charge < -0.3 is 5.73 Å². The van der Waals surface area contributed by atoms with Gasteiger partial charge in [0.1, 0.15) is 0 Å². The van der Waals surface area contributed by atoms with E-state index in [-0.39, 0.29) is 0 Å². The molecule has 0 aromatic carbocycles. The minimum atomic E-state index is 0.640. The highest BCUT2D eigenvalue weighted by atomic mass is 32.1. The molecule has 1 rings (SSSR count). The van der Waals surface area contributed by atoms with Crippen molar-refractivity contribution in [2.75, 3.05) is 13.1 Å². The van der Waals surface area contributed by atoms with Crippen molar-refractivity contribution in [1.29, 1.82) is 0 Å². The number of unbranched alkanes of at least 4 members (excludes halogenated alkanes) is 1. The second-order valence-electron chi connectivity index (χ2n) is 3.87. The van der Waals surface area contributed by atoms with Crippen LogP contribution in [0.15, 0.2) is 17.5 Å². The number of nitrogens with zero attached hydrogens (tertiary/aromatic N) is 1. The average Bonchev–Trinajstić information content (AvgIpc) is 2.75. The molecule has 16 heavy (non-hydrogen) atoms. The maximum atomic E-state index is 5.47. The second kappa shape index (κ2) is 7.76. The molecule has 4 heteroatoms. The van der Waals surface area contributed by atoms with Crippen LogP contribution in [0.25, 0.3) is 0 Å². The van der Waals surface area contributed by atoms with Crippen LogP contribution in [0.3, 0.4) is 0 Å². The van der Waals surface area contributed by atoms with E-state index in [0.717, 1.165) is 32.5 Å². The van der Waals surface area contributed by atoms with E-state index in [1.165, 1.54) is 11.3 Å². The van der Waals surface area contributed by atoms with Crippen molar-refractivity contribution in [3.63, 3.8) is 0 Å². The molecule has 0 aliphatic heterocycles. The molecule has 0 amide bonds. The third-order valence-corrected chi connectivity index (χ3v) is 3.62. The molecular formula is C12H20N2S2. The molecule has 1 aromatic heterocycles. The lowest BCUT2D eigenvalue weighted by Crippen LogP contribution is -2.23. The summed E-state index contributed by atoms with van der Waals surface area (Å²) in [6, 6.07) is 4.31. The Balaban J connectivity index is 2.19. The number of thiocarbonyl (C=S) groups is 1. The SMILES string of the molecule is CCN(CCCCC(N)=S)Cc1cccs1. The molecule has 1 heterocycles. The van der Waals surface area contributed by atoms with Crippen molar-refractivity contribution >= 4 is 28.5 Å². The maximum absolute atomic E-state index is 5.47. The fraction of sp³-hybridized carbons (Fsp3) is 0.583. The number of hydrogen-bond donors (Lipinski definition) is 1. The van der Waals surface area contributed by atoms with Crippen LogP contribution >= 0.6 is 23.6 Å². The Hall–Kier alpha value is -0.450. The summed E-state index contributed by atoms with van der Waals surface area (Å²) < 4.78 is 0. The van der Waals surface area contributed by atoms with Gasteiger partial charge in [-0.2, -0.15) is 0 Å². The summed E-state index contributed by atoms with van der Waals surface area (Å²) in [6.07, 6.45) is 3.17. The first-order valence-electron chi connectivity index (χ1n) is 5.75. The molecule has 2 nitrogen and oxygen atoms in total. The Morgan fingerprint density at radius 2 is 2.31 bits per heavy atom. The van der Waals surface area contributed by atoms with Gasteiger partial charge in [-0.05, 0) is 43.8 Å². The molecule has 0 saturated carbocycles. The smallest absolute Gasteiger partial charge is 0.0727 e. The van der Waals surface area contributed by atoms with Crippen LogP contribution in [-0.4, -0.2) is 23.0 Å². The molecule has 0 unspecified atom stereocenters. The van der Waals surface area contributed by atoms with Crippen molar-refractivity contribution < 1.29 is 0 Å². The molecule has 2 N–H and O–H groups in total. The average molecular weight is 256 g/mol. The van der Waals surface area contributed by atoms with Crippen molar-refractivity contribution in [2.45, 2.75) is 32.7 Å². The highest BCUT2D eigenvalue weighted by molar-refractivity contribution is 7.80. The van der Waals surface area contributed by atoms with Gasteiger partial charge in [0, 0.05) is 11.4 Å². The summed E-state index contributed by atoms with van der Waals surface area (Å²) in [6.45, 7) is 5.52. The monoisotopic (exact) mass is 256 g/mol. The van der Waals surface area contributed by atoms with Gasteiger partial charge in [-0.3, -0.25) is 4.90 Å². The Kier molecular flexibility index (Phi) is 6.61. The van der Waals surface area contributed by atoms with Crippen LogP contribution < -0.4 is 5.73 Å². The van der Waals surface area contributed by atoms with Gasteiger partial charge in [0.05, 0.1) is 4.99 Å². The first-order chi connectivity index (χ1) is 7.72. The number of rotatable bonds is 8. The lowest BCUT2D eigenvalue weighted by atomic mass is 10.2. The van der Waals surface area contributed by atoms with Gasteiger partial charge in [-0.1, -0.05) is 25.2 Å². The molecule has 0 radical (unpaired) electrons. The number of thiophene rings is 1. The lowest BCUT2D eigenvalue weighted by molar-refractivity contribution is 0.277. The van der Waals surface area contributed by atoms with Gasteiger partial charge in [0.15, 0.2) is 0 Å². The molecule has 0 bridgehead atoms. The van der Waals surface area contributed by atoms with Gasteiger partial charge >= 0.3 is 0 Å². The molecule has 0 spiro atoms. The predicted molar refractivity (Wildman–Crippen MR) is 75.9 cm³/mol. The summed E-state index contributed by atoms with van der Waals surface area (Å²) in [4.78, 5) is 4.54. The Bertz CT molecular complexity index is 296. The maximum Gasteiger partial charge on any atom is 0.0727 e. The van der Waals surface area contributed by atoms with Crippen LogP contribution in [0.1, 0.15) is 31.1 Å². The highest BCUT2D eigenvalue weighted by Crippen LogP contribution is 2.12. The topological polar surface area (TPSA) is 29.3 Å². The summed E-state index contributed by atoms with van der Waals surface area (Å²) >= 11 is 6.69. The van der Waals surface area contributed by atoms with E-state index in [1.54, 1.807) is 0 Å². The minimum Gasteiger partial charge on any atom is -0.393 e. The third kappa shape index (κ3) is 5.58. The van der Waals surface area contributed by atoms with Crippen LogP contribution in [0.2, 0.25) is 0 Å². The van der Waals surface area contributed by atoms with Crippen LogP contribution in [0, 0.1) is 0 Å². The normalized spacial score (nSPS) is 10.9. The van der Waals surface area contributed by atoms with Gasteiger partial charge in [0.2, 0.25) is 0 Å². The molecule has 0 aliphatic carbocycles. The summed E-state index contributed by atoms with van der Waals surface area (Å²) in [5.74, 6) is 0. The van der Waals surface area contributed by atoms with Crippen LogP contribution in [0.5, 0.6) is 0 Å². The zero-order chi connectivity index (χ0) is 11.8. The zero-order valence-corrected chi connectivity index (χ0v) is 11.4.